The molecule has 2 N–H and O–H groups in total. The molecule has 0 aliphatic carbocycles. The highest BCUT2D eigenvalue weighted by Crippen LogP contribution is 2.25. The first-order chi connectivity index (χ1) is 10.4. The number of hydrogen-bond acceptors (Lipinski definition) is 2. The minimum absolute atomic E-state index is 0.174. The molecule has 0 heterocycles. The van der Waals surface area contributed by atoms with Gasteiger partial charge in [0, 0.05) is 10.6 Å². The molecule has 6 heteroatoms. The van der Waals surface area contributed by atoms with Gasteiger partial charge in [-0.15, -0.1) is 0 Å². The van der Waals surface area contributed by atoms with Crippen molar-refractivity contribution in [1.29, 1.82) is 0 Å². The van der Waals surface area contributed by atoms with Gasteiger partial charge in [-0.25, -0.2) is 0 Å². The lowest BCUT2D eigenvalue weighted by atomic mass is 10.1. The number of rotatable bonds is 2. The third-order valence-electron chi connectivity index (χ3n) is 3.18. The lowest BCUT2D eigenvalue weighted by Crippen LogP contribution is -2.34. The number of halogens is 2. The van der Waals surface area contributed by atoms with Crippen LogP contribution >= 0.6 is 35.4 Å². The zero-order valence-electron chi connectivity index (χ0n) is 12.0. The first-order valence-electron chi connectivity index (χ1n) is 6.51. The Bertz CT molecular complexity index is 747. The lowest BCUT2D eigenvalue weighted by Gasteiger charge is -2.11. The lowest BCUT2D eigenvalue weighted by molar-refractivity contribution is 0.0977. The van der Waals surface area contributed by atoms with E-state index in [4.69, 9.17) is 35.4 Å². The molecule has 0 fully saturated rings. The molecule has 2 aromatic rings. The highest BCUT2D eigenvalue weighted by Gasteiger charge is 2.10. The molecule has 1 amide bonds. The SMILES string of the molecule is Cc1ccc(C(=O)NC(=S)Nc2ccc(Cl)cc2Cl)cc1C. The number of hydrogen-bond donors (Lipinski definition) is 2. The average molecular weight is 353 g/mol. The van der Waals surface area contributed by atoms with E-state index in [2.05, 4.69) is 10.6 Å². The maximum atomic E-state index is 12.2. The summed E-state index contributed by atoms with van der Waals surface area (Å²) < 4.78 is 0. The number of carbonyl (C=O) groups is 1. The smallest absolute Gasteiger partial charge is 0.257 e. The molecule has 0 saturated heterocycles. The van der Waals surface area contributed by atoms with Crippen molar-refractivity contribution in [2.24, 2.45) is 0 Å². The van der Waals surface area contributed by atoms with Crippen molar-refractivity contribution in [2.75, 3.05) is 5.32 Å². The van der Waals surface area contributed by atoms with E-state index in [9.17, 15) is 4.79 Å². The molecule has 0 saturated carbocycles. The molecular formula is C16H14Cl2N2OS. The Balaban J connectivity index is 2.05. The molecule has 0 aliphatic rings. The molecule has 2 rings (SSSR count). The van der Waals surface area contributed by atoms with Crippen LogP contribution in [0.3, 0.4) is 0 Å². The summed E-state index contributed by atoms with van der Waals surface area (Å²) in [7, 11) is 0. The van der Waals surface area contributed by atoms with Crippen molar-refractivity contribution in [2.45, 2.75) is 13.8 Å². The number of nitrogens with one attached hydrogen (secondary N) is 2. The van der Waals surface area contributed by atoms with E-state index in [1.165, 1.54) is 0 Å². The summed E-state index contributed by atoms with van der Waals surface area (Å²) in [6, 6.07) is 10.5. The van der Waals surface area contributed by atoms with Crippen LogP contribution in [-0.4, -0.2) is 11.0 Å². The molecule has 0 aromatic heterocycles. The van der Waals surface area contributed by atoms with Crippen LogP contribution in [0.25, 0.3) is 0 Å². The molecule has 0 aliphatic heterocycles. The van der Waals surface area contributed by atoms with Crippen molar-refractivity contribution < 1.29 is 4.79 Å². The standard InChI is InChI=1S/C16H14Cl2N2OS/c1-9-3-4-11(7-10(9)2)15(21)20-16(22)19-14-6-5-12(17)8-13(14)18/h3-8H,1-2H3,(H2,19,20,21,22). The van der Waals surface area contributed by atoms with Crippen LogP contribution in [0, 0.1) is 13.8 Å². The van der Waals surface area contributed by atoms with Crippen LogP contribution in [0.1, 0.15) is 21.5 Å². The Hall–Kier alpha value is -1.62. The van der Waals surface area contributed by atoms with E-state index >= 15 is 0 Å². The van der Waals surface area contributed by atoms with Gasteiger partial charge in [-0.2, -0.15) is 0 Å². The van der Waals surface area contributed by atoms with E-state index < -0.39 is 0 Å². The van der Waals surface area contributed by atoms with Gasteiger partial charge in [0.15, 0.2) is 5.11 Å². The number of benzene rings is 2. The second-order valence-corrected chi connectivity index (χ2v) is 6.08. The fourth-order valence-corrected chi connectivity index (χ4v) is 2.46. The van der Waals surface area contributed by atoms with Crippen LogP contribution in [0.2, 0.25) is 10.0 Å². The predicted molar refractivity (Wildman–Crippen MR) is 96.1 cm³/mol. The molecule has 0 atom stereocenters. The molecule has 0 spiro atoms. The first kappa shape index (κ1) is 16.7. The predicted octanol–water partition coefficient (Wildman–Crippen LogP) is 4.74. The largest absolute Gasteiger partial charge is 0.331 e. The number of carbonyl (C=O) groups excluding carboxylic acids is 1. The van der Waals surface area contributed by atoms with E-state index in [1.807, 2.05) is 26.0 Å². The zero-order chi connectivity index (χ0) is 16.3. The quantitative estimate of drug-likeness (QED) is 0.767. The zero-order valence-corrected chi connectivity index (χ0v) is 14.4. The fourth-order valence-electron chi connectivity index (χ4n) is 1.80. The number of amides is 1. The van der Waals surface area contributed by atoms with Gasteiger partial charge in [0.25, 0.3) is 5.91 Å². The van der Waals surface area contributed by atoms with Gasteiger partial charge in [-0.05, 0) is 67.5 Å². The van der Waals surface area contributed by atoms with E-state index in [1.54, 1.807) is 24.3 Å². The minimum Gasteiger partial charge on any atom is -0.331 e. The van der Waals surface area contributed by atoms with Crippen molar-refractivity contribution >= 4 is 52.1 Å². The van der Waals surface area contributed by atoms with Crippen molar-refractivity contribution in [3.05, 3.63) is 63.1 Å². The summed E-state index contributed by atoms with van der Waals surface area (Å²) in [5, 5.41) is 6.62. The highest BCUT2D eigenvalue weighted by molar-refractivity contribution is 7.80. The van der Waals surface area contributed by atoms with E-state index in [0.717, 1.165) is 11.1 Å². The minimum atomic E-state index is -0.273. The normalized spacial score (nSPS) is 10.2. The summed E-state index contributed by atoms with van der Waals surface area (Å²) in [5.74, 6) is -0.273. The molecule has 0 bridgehead atoms. The van der Waals surface area contributed by atoms with Gasteiger partial charge >= 0.3 is 0 Å². The summed E-state index contributed by atoms with van der Waals surface area (Å²) in [6.07, 6.45) is 0. The topological polar surface area (TPSA) is 41.1 Å². The van der Waals surface area contributed by atoms with Crippen LogP contribution in [-0.2, 0) is 0 Å². The molecule has 2 aromatic carbocycles. The first-order valence-corrected chi connectivity index (χ1v) is 7.68. The van der Waals surface area contributed by atoms with E-state index in [0.29, 0.717) is 21.3 Å². The molecule has 22 heavy (non-hydrogen) atoms. The van der Waals surface area contributed by atoms with Gasteiger partial charge in [0.05, 0.1) is 10.7 Å². The summed E-state index contributed by atoms with van der Waals surface area (Å²) >= 11 is 17.0. The Morgan fingerprint density at radius 1 is 1.05 bits per heavy atom. The Morgan fingerprint density at radius 3 is 2.41 bits per heavy atom. The Morgan fingerprint density at radius 2 is 1.77 bits per heavy atom. The maximum Gasteiger partial charge on any atom is 0.257 e. The maximum absolute atomic E-state index is 12.2. The van der Waals surface area contributed by atoms with Crippen LogP contribution in [0.15, 0.2) is 36.4 Å². The molecule has 3 nitrogen and oxygen atoms in total. The van der Waals surface area contributed by atoms with Gasteiger partial charge in [0.2, 0.25) is 0 Å². The molecule has 0 unspecified atom stereocenters. The molecule has 0 radical (unpaired) electrons. The fraction of sp³-hybridized carbons (Fsp3) is 0.125. The van der Waals surface area contributed by atoms with Crippen LogP contribution in [0.4, 0.5) is 5.69 Å². The van der Waals surface area contributed by atoms with E-state index in [-0.39, 0.29) is 11.0 Å². The van der Waals surface area contributed by atoms with Gasteiger partial charge in [-0.1, -0.05) is 29.3 Å². The summed E-state index contributed by atoms with van der Waals surface area (Å²) in [5.41, 5.74) is 3.31. The Kier molecular flexibility index (Phi) is 5.40. The summed E-state index contributed by atoms with van der Waals surface area (Å²) in [6.45, 7) is 3.95. The number of thiocarbonyl (C=S) groups is 1. The van der Waals surface area contributed by atoms with Crippen LogP contribution in [0.5, 0.6) is 0 Å². The molecular weight excluding hydrogens is 339 g/mol. The van der Waals surface area contributed by atoms with Gasteiger partial charge in [-0.3, -0.25) is 10.1 Å². The van der Waals surface area contributed by atoms with Crippen molar-refractivity contribution in [3.63, 3.8) is 0 Å². The molecule has 114 valence electrons. The second kappa shape index (κ2) is 7.09. The number of anilines is 1. The van der Waals surface area contributed by atoms with Gasteiger partial charge < -0.3 is 5.32 Å². The monoisotopic (exact) mass is 352 g/mol. The van der Waals surface area contributed by atoms with Crippen LogP contribution < -0.4 is 10.6 Å². The average Bonchev–Trinajstić information content (AvgIpc) is 2.45. The summed E-state index contributed by atoms with van der Waals surface area (Å²) in [4.78, 5) is 12.2. The third-order valence-corrected chi connectivity index (χ3v) is 3.93. The Labute approximate surface area is 144 Å². The second-order valence-electron chi connectivity index (χ2n) is 4.83. The third kappa shape index (κ3) is 4.19. The van der Waals surface area contributed by atoms with Crippen molar-refractivity contribution in [1.82, 2.24) is 5.32 Å². The highest BCUT2D eigenvalue weighted by atomic mass is 35.5. The van der Waals surface area contributed by atoms with Crippen molar-refractivity contribution in [3.8, 4) is 0 Å². The number of aryl methyl sites for hydroxylation is 2. The van der Waals surface area contributed by atoms with Gasteiger partial charge in [0.1, 0.15) is 0 Å².